The lowest BCUT2D eigenvalue weighted by molar-refractivity contribution is 0.0970. The number of anilines is 1. The van der Waals surface area contributed by atoms with Gasteiger partial charge in [0.2, 0.25) is 16.6 Å². The van der Waals surface area contributed by atoms with Crippen LogP contribution in [0.15, 0.2) is 45.1 Å². The van der Waals surface area contributed by atoms with Crippen LogP contribution in [-0.2, 0) is 0 Å². The van der Waals surface area contributed by atoms with Gasteiger partial charge in [-0.2, -0.15) is 0 Å². The van der Waals surface area contributed by atoms with E-state index < -0.39 is 11.9 Å². The van der Waals surface area contributed by atoms with Gasteiger partial charge in [0.15, 0.2) is 16.9 Å². The summed E-state index contributed by atoms with van der Waals surface area (Å²) in [5, 5.41) is 8.88. The highest BCUT2D eigenvalue weighted by atomic mass is 35.5. The summed E-state index contributed by atoms with van der Waals surface area (Å²) in [4.78, 5) is 28.5. The number of fused-ring (bicyclic) bond motifs is 2. The predicted molar refractivity (Wildman–Crippen MR) is 122 cm³/mol. The number of carbonyl (C=O) groups excluding carboxylic acids is 1. The lowest BCUT2D eigenvalue weighted by Gasteiger charge is -2.23. The van der Waals surface area contributed by atoms with E-state index in [-0.39, 0.29) is 27.7 Å². The normalized spacial score (nSPS) is 15.1. The molecule has 0 fully saturated rings. The van der Waals surface area contributed by atoms with Gasteiger partial charge in [-0.25, -0.2) is 0 Å². The number of hydrogen-bond donors (Lipinski definition) is 0. The third-order valence-electron chi connectivity index (χ3n) is 5.39. The maximum absolute atomic E-state index is 13.6. The topological polar surface area (TPSA) is 104 Å². The molecular weight excluding hydrogens is 470 g/mol. The van der Waals surface area contributed by atoms with Gasteiger partial charge in [0.1, 0.15) is 11.1 Å². The van der Waals surface area contributed by atoms with E-state index in [1.54, 1.807) is 24.3 Å². The van der Waals surface area contributed by atoms with Crippen LogP contribution in [0.5, 0.6) is 17.2 Å². The Balaban J connectivity index is 1.84. The van der Waals surface area contributed by atoms with Gasteiger partial charge in [-0.3, -0.25) is 14.5 Å². The molecule has 33 heavy (non-hydrogen) atoms. The fourth-order valence-electron chi connectivity index (χ4n) is 3.99. The van der Waals surface area contributed by atoms with Crippen molar-refractivity contribution in [3.8, 4) is 17.2 Å². The Morgan fingerprint density at radius 3 is 2.39 bits per heavy atom. The Morgan fingerprint density at radius 2 is 1.79 bits per heavy atom. The van der Waals surface area contributed by atoms with Crippen LogP contribution in [0.2, 0.25) is 5.02 Å². The first-order chi connectivity index (χ1) is 16.0. The molecule has 11 heteroatoms. The smallest absolute Gasteiger partial charge is 0.297 e. The van der Waals surface area contributed by atoms with E-state index in [1.807, 2.05) is 0 Å². The Hall–Kier alpha value is -3.63. The third kappa shape index (κ3) is 3.21. The number of carbonyl (C=O) groups is 1. The Morgan fingerprint density at radius 1 is 1.06 bits per heavy atom. The van der Waals surface area contributed by atoms with Crippen molar-refractivity contribution in [2.75, 3.05) is 26.2 Å². The van der Waals surface area contributed by atoms with Crippen LogP contribution in [0, 0.1) is 0 Å². The quantitative estimate of drug-likeness (QED) is 0.416. The summed E-state index contributed by atoms with van der Waals surface area (Å²) in [6.07, 6.45) is 0. The molecule has 1 atom stereocenters. The highest BCUT2D eigenvalue weighted by molar-refractivity contribution is 7.13. The van der Waals surface area contributed by atoms with Gasteiger partial charge < -0.3 is 18.6 Å². The first-order valence-electron chi connectivity index (χ1n) is 9.64. The van der Waals surface area contributed by atoms with E-state index in [0.29, 0.717) is 33.0 Å². The standard InChI is InChI=1S/C22H16ClN3O6S/c1-29-14-6-10(7-15(30-2)19(14)31-3)17-16-18(27)12-8-11(23)4-5-13(12)32-20(16)21(28)26(17)22-25-24-9-33-22/h4-9,17H,1-3H3/t17-/m1/s1. The molecule has 5 rings (SSSR count). The molecule has 0 spiro atoms. The molecule has 0 radical (unpaired) electrons. The molecule has 0 aliphatic carbocycles. The molecule has 1 aliphatic rings. The summed E-state index contributed by atoms with van der Waals surface area (Å²) in [7, 11) is 4.47. The minimum Gasteiger partial charge on any atom is -0.493 e. The number of nitrogens with zero attached hydrogens (tertiary/aromatic N) is 3. The first-order valence-corrected chi connectivity index (χ1v) is 10.9. The van der Waals surface area contributed by atoms with Crippen molar-refractivity contribution < 1.29 is 23.4 Å². The molecule has 1 amide bonds. The molecule has 0 N–H and O–H groups in total. The number of hydrogen-bond acceptors (Lipinski definition) is 9. The summed E-state index contributed by atoms with van der Waals surface area (Å²) >= 11 is 7.29. The minimum absolute atomic E-state index is 0.0659. The van der Waals surface area contributed by atoms with Crippen LogP contribution in [-0.4, -0.2) is 37.4 Å². The molecule has 4 aromatic rings. The van der Waals surface area contributed by atoms with Crippen molar-refractivity contribution in [3.63, 3.8) is 0 Å². The summed E-state index contributed by atoms with van der Waals surface area (Å²) in [5.74, 6) is 0.558. The second-order valence-electron chi connectivity index (χ2n) is 7.07. The number of methoxy groups -OCH3 is 3. The van der Waals surface area contributed by atoms with Gasteiger partial charge in [0, 0.05) is 5.02 Å². The molecule has 3 heterocycles. The largest absolute Gasteiger partial charge is 0.493 e. The van der Waals surface area contributed by atoms with Crippen molar-refractivity contribution in [2.45, 2.75) is 6.04 Å². The number of ether oxygens (including phenoxy) is 3. The maximum atomic E-state index is 13.6. The molecule has 0 bridgehead atoms. The number of amides is 1. The zero-order valence-corrected chi connectivity index (χ0v) is 19.2. The molecule has 0 saturated carbocycles. The van der Waals surface area contributed by atoms with Crippen LogP contribution in [0.4, 0.5) is 5.13 Å². The zero-order valence-electron chi connectivity index (χ0n) is 17.6. The van der Waals surface area contributed by atoms with E-state index >= 15 is 0 Å². The van der Waals surface area contributed by atoms with E-state index in [0.717, 1.165) is 11.3 Å². The van der Waals surface area contributed by atoms with Crippen LogP contribution in [0.1, 0.15) is 27.7 Å². The Bertz CT molecular complexity index is 1430. The second kappa shape index (κ2) is 8.05. The Labute approximate surface area is 196 Å². The van der Waals surface area contributed by atoms with Gasteiger partial charge >= 0.3 is 0 Å². The average Bonchev–Trinajstić information content (AvgIpc) is 3.45. The predicted octanol–water partition coefficient (Wildman–Crippen LogP) is 4.07. The van der Waals surface area contributed by atoms with Gasteiger partial charge in [-0.1, -0.05) is 22.9 Å². The highest BCUT2D eigenvalue weighted by Gasteiger charge is 2.45. The fourth-order valence-corrected chi connectivity index (χ4v) is 4.75. The maximum Gasteiger partial charge on any atom is 0.297 e. The summed E-state index contributed by atoms with van der Waals surface area (Å²) in [6, 6.07) is 7.18. The van der Waals surface area contributed by atoms with Crippen LogP contribution in [0.3, 0.4) is 0 Å². The summed E-state index contributed by atoms with van der Waals surface area (Å²) in [5.41, 5.74) is 2.11. The molecule has 0 saturated heterocycles. The molecular formula is C22H16ClN3O6S. The molecule has 2 aromatic carbocycles. The molecule has 9 nitrogen and oxygen atoms in total. The third-order valence-corrected chi connectivity index (χ3v) is 6.31. The second-order valence-corrected chi connectivity index (χ2v) is 8.32. The number of benzene rings is 2. The zero-order chi connectivity index (χ0) is 23.3. The number of aromatic nitrogens is 2. The van der Waals surface area contributed by atoms with Gasteiger partial charge in [0.25, 0.3) is 5.91 Å². The first kappa shape index (κ1) is 21.2. The van der Waals surface area contributed by atoms with Crippen molar-refractivity contribution in [3.05, 3.63) is 68.0 Å². The minimum atomic E-state index is -0.867. The van der Waals surface area contributed by atoms with E-state index in [1.165, 1.54) is 37.8 Å². The molecule has 2 aromatic heterocycles. The lowest BCUT2D eigenvalue weighted by atomic mass is 9.98. The average molecular weight is 486 g/mol. The van der Waals surface area contributed by atoms with Crippen LogP contribution in [0.25, 0.3) is 11.0 Å². The van der Waals surface area contributed by atoms with E-state index in [2.05, 4.69) is 10.2 Å². The van der Waals surface area contributed by atoms with Crippen LogP contribution < -0.4 is 24.5 Å². The highest BCUT2D eigenvalue weighted by Crippen LogP contribution is 2.46. The fraction of sp³-hybridized carbons (Fsp3) is 0.182. The van der Waals surface area contributed by atoms with Crippen molar-refractivity contribution in [1.29, 1.82) is 0 Å². The number of halogens is 1. The van der Waals surface area contributed by atoms with Gasteiger partial charge in [0.05, 0.1) is 38.3 Å². The summed E-state index contributed by atoms with van der Waals surface area (Å²) < 4.78 is 22.3. The van der Waals surface area contributed by atoms with Crippen molar-refractivity contribution in [1.82, 2.24) is 10.2 Å². The molecule has 168 valence electrons. The Kier molecular flexibility index (Phi) is 5.18. The van der Waals surface area contributed by atoms with Crippen molar-refractivity contribution >= 4 is 44.9 Å². The summed E-state index contributed by atoms with van der Waals surface area (Å²) in [6.45, 7) is 0. The SMILES string of the molecule is COc1cc([C@@H]2c3c(oc4ccc(Cl)cc4c3=O)C(=O)N2c2nncs2)cc(OC)c1OC. The van der Waals surface area contributed by atoms with E-state index in [4.69, 9.17) is 30.2 Å². The van der Waals surface area contributed by atoms with Crippen molar-refractivity contribution in [2.24, 2.45) is 0 Å². The van der Waals surface area contributed by atoms with Gasteiger partial charge in [-0.05, 0) is 35.9 Å². The number of rotatable bonds is 5. The lowest BCUT2D eigenvalue weighted by Crippen LogP contribution is -2.29. The molecule has 1 aliphatic heterocycles. The van der Waals surface area contributed by atoms with E-state index in [9.17, 15) is 9.59 Å². The van der Waals surface area contributed by atoms with Gasteiger partial charge in [-0.15, -0.1) is 10.2 Å². The van der Waals surface area contributed by atoms with Crippen LogP contribution >= 0.6 is 22.9 Å². The monoisotopic (exact) mass is 485 g/mol. The molecule has 0 unspecified atom stereocenters.